The van der Waals surface area contributed by atoms with Gasteiger partial charge in [0.2, 0.25) is 5.91 Å². The minimum atomic E-state index is -1.34. The highest BCUT2D eigenvalue weighted by atomic mass is 16.4. The van der Waals surface area contributed by atoms with Crippen LogP contribution in [0.1, 0.15) is 12.0 Å². The topological polar surface area (TPSA) is 134 Å². The molecule has 0 fully saturated rings. The van der Waals surface area contributed by atoms with E-state index in [0.717, 1.165) is 5.56 Å². The summed E-state index contributed by atoms with van der Waals surface area (Å²) < 4.78 is 0. The molecular weight excluding hydrogens is 252 g/mol. The molecule has 0 saturated carbocycles. The molecule has 0 aliphatic heterocycles. The van der Waals surface area contributed by atoms with Gasteiger partial charge in [-0.1, -0.05) is 0 Å². The first-order valence-electron chi connectivity index (χ1n) is 5.43. The zero-order valence-corrected chi connectivity index (χ0v) is 10.00. The van der Waals surface area contributed by atoms with Crippen LogP contribution >= 0.6 is 0 Å². The lowest BCUT2D eigenvalue weighted by atomic mass is 10.2. The van der Waals surface area contributed by atoms with Gasteiger partial charge < -0.3 is 21.5 Å². The third-order valence-electron chi connectivity index (χ3n) is 2.21. The SMILES string of the molecule is NC(=O)C[C@H](NC(=O)NCc1ccncc1)C(=O)O. The summed E-state index contributed by atoms with van der Waals surface area (Å²) in [6.45, 7) is 0.220. The highest BCUT2D eigenvalue weighted by Gasteiger charge is 2.21. The van der Waals surface area contributed by atoms with E-state index in [4.69, 9.17) is 10.8 Å². The minimum Gasteiger partial charge on any atom is -0.480 e. The molecule has 1 aromatic rings. The fraction of sp³-hybridized carbons (Fsp3) is 0.273. The lowest BCUT2D eigenvalue weighted by Gasteiger charge is -2.13. The van der Waals surface area contributed by atoms with Gasteiger partial charge in [0.05, 0.1) is 6.42 Å². The van der Waals surface area contributed by atoms with Gasteiger partial charge >= 0.3 is 12.0 Å². The van der Waals surface area contributed by atoms with E-state index in [1.165, 1.54) is 0 Å². The first kappa shape index (κ1) is 14.4. The molecule has 0 radical (unpaired) electrons. The Bertz CT molecular complexity index is 463. The van der Waals surface area contributed by atoms with Crippen molar-refractivity contribution < 1.29 is 19.5 Å². The fourth-order valence-electron chi connectivity index (χ4n) is 1.29. The standard InChI is InChI=1S/C11H14N4O4/c12-9(16)5-8(10(17)18)15-11(19)14-6-7-1-3-13-4-2-7/h1-4,8H,5-6H2,(H2,12,16)(H,17,18)(H2,14,15,19)/t8-/m0/s1. The van der Waals surface area contributed by atoms with Gasteiger partial charge in [-0.05, 0) is 17.7 Å². The molecule has 1 aromatic heterocycles. The second kappa shape index (κ2) is 6.94. The molecule has 1 heterocycles. The maximum Gasteiger partial charge on any atom is 0.326 e. The molecule has 1 rings (SSSR count). The van der Waals surface area contributed by atoms with E-state index in [1.54, 1.807) is 24.5 Å². The van der Waals surface area contributed by atoms with Gasteiger partial charge in [-0.2, -0.15) is 0 Å². The molecule has 8 nitrogen and oxygen atoms in total. The van der Waals surface area contributed by atoms with Crippen LogP contribution in [0.3, 0.4) is 0 Å². The number of primary amides is 1. The van der Waals surface area contributed by atoms with Crippen molar-refractivity contribution in [2.24, 2.45) is 5.73 Å². The Kier molecular flexibility index (Phi) is 5.27. The summed E-state index contributed by atoms with van der Waals surface area (Å²) in [7, 11) is 0. The maximum absolute atomic E-state index is 11.5. The van der Waals surface area contributed by atoms with Gasteiger partial charge in [0.25, 0.3) is 0 Å². The molecule has 0 bridgehead atoms. The van der Waals surface area contributed by atoms with Crippen LogP contribution in [0, 0.1) is 0 Å². The summed E-state index contributed by atoms with van der Waals surface area (Å²) in [5.74, 6) is -2.13. The van der Waals surface area contributed by atoms with E-state index in [-0.39, 0.29) is 6.54 Å². The largest absolute Gasteiger partial charge is 0.480 e. The summed E-state index contributed by atoms with van der Waals surface area (Å²) >= 11 is 0. The molecule has 3 amide bonds. The average Bonchev–Trinajstić information content (AvgIpc) is 2.36. The summed E-state index contributed by atoms with van der Waals surface area (Å²) in [5, 5.41) is 13.4. The van der Waals surface area contributed by atoms with Crippen LogP contribution < -0.4 is 16.4 Å². The van der Waals surface area contributed by atoms with Crippen LogP contribution in [0.4, 0.5) is 4.79 Å². The molecule has 0 saturated heterocycles. The molecule has 0 aromatic carbocycles. The van der Waals surface area contributed by atoms with E-state index < -0.39 is 30.4 Å². The third kappa shape index (κ3) is 5.48. The predicted octanol–water partition coefficient (Wildman–Crippen LogP) is -0.791. The van der Waals surface area contributed by atoms with Crippen molar-refractivity contribution in [1.29, 1.82) is 0 Å². The second-order valence-corrected chi connectivity index (χ2v) is 3.74. The number of aliphatic carboxylic acids is 1. The summed E-state index contributed by atoms with van der Waals surface area (Å²) in [6.07, 6.45) is 2.68. The lowest BCUT2D eigenvalue weighted by molar-refractivity contribution is -0.140. The van der Waals surface area contributed by atoms with Crippen molar-refractivity contribution in [1.82, 2.24) is 15.6 Å². The Labute approximate surface area is 109 Å². The van der Waals surface area contributed by atoms with Crippen molar-refractivity contribution in [3.63, 3.8) is 0 Å². The first-order valence-corrected chi connectivity index (χ1v) is 5.43. The Balaban J connectivity index is 2.45. The van der Waals surface area contributed by atoms with Gasteiger partial charge in [-0.25, -0.2) is 9.59 Å². The van der Waals surface area contributed by atoms with Crippen LogP contribution in [-0.4, -0.2) is 34.0 Å². The Hall–Kier alpha value is -2.64. The Morgan fingerprint density at radius 1 is 1.32 bits per heavy atom. The van der Waals surface area contributed by atoms with E-state index in [2.05, 4.69) is 15.6 Å². The van der Waals surface area contributed by atoms with E-state index in [0.29, 0.717) is 0 Å². The molecule has 0 spiro atoms. The summed E-state index contributed by atoms with van der Waals surface area (Å²) in [6, 6.07) is 1.39. The predicted molar refractivity (Wildman–Crippen MR) is 64.8 cm³/mol. The number of urea groups is 1. The number of nitrogens with zero attached hydrogens (tertiary/aromatic N) is 1. The highest BCUT2D eigenvalue weighted by molar-refractivity contribution is 5.87. The second-order valence-electron chi connectivity index (χ2n) is 3.74. The van der Waals surface area contributed by atoms with Gasteiger partial charge in [-0.15, -0.1) is 0 Å². The van der Waals surface area contributed by atoms with Gasteiger partial charge in [-0.3, -0.25) is 9.78 Å². The smallest absolute Gasteiger partial charge is 0.326 e. The molecule has 1 atom stereocenters. The average molecular weight is 266 g/mol. The minimum absolute atomic E-state index is 0.220. The molecule has 0 aliphatic carbocycles. The van der Waals surface area contributed by atoms with Crippen molar-refractivity contribution in [3.8, 4) is 0 Å². The zero-order valence-electron chi connectivity index (χ0n) is 10.00. The normalized spacial score (nSPS) is 11.4. The van der Waals surface area contributed by atoms with Gasteiger partial charge in [0, 0.05) is 18.9 Å². The number of carbonyl (C=O) groups is 3. The Morgan fingerprint density at radius 2 is 1.95 bits per heavy atom. The number of carboxylic acids is 1. The number of carboxylic acid groups (broad SMARTS) is 1. The number of nitrogens with one attached hydrogen (secondary N) is 2. The molecule has 8 heteroatoms. The van der Waals surface area contributed by atoms with Crippen LogP contribution in [0.25, 0.3) is 0 Å². The van der Waals surface area contributed by atoms with Gasteiger partial charge in [0.15, 0.2) is 0 Å². The van der Waals surface area contributed by atoms with Crippen LogP contribution in [-0.2, 0) is 16.1 Å². The number of hydrogen-bond acceptors (Lipinski definition) is 4. The highest BCUT2D eigenvalue weighted by Crippen LogP contribution is 1.95. The Morgan fingerprint density at radius 3 is 2.47 bits per heavy atom. The van der Waals surface area contributed by atoms with Crippen molar-refractivity contribution in [2.45, 2.75) is 19.0 Å². The van der Waals surface area contributed by atoms with E-state index in [9.17, 15) is 14.4 Å². The number of amides is 3. The molecule has 102 valence electrons. The molecule has 0 unspecified atom stereocenters. The molecule has 5 N–H and O–H groups in total. The summed E-state index contributed by atoms with van der Waals surface area (Å²) in [4.78, 5) is 36.7. The number of rotatable bonds is 6. The van der Waals surface area contributed by atoms with Crippen LogP contribution in [0.15, 0.2) is 24.5 Å². The maximum atomic E-state index is 11.5. The van der Waals surface area contributed by atoms with Gasteiger partial charge in [0.1, 0.15) is 6.04 Å². The monoisotopic (exact) mass is 266 g/mol. The summed E-state index contributed by atoms with van der Waals surface area (Å²) in [5.41, 5.74) is 5.70. The fourth-order valence-corrected chi connectivity index (χ4v) is 1.29. The first-order chi connectivity index (χ1) is 8.99. The van der Waals surface area contributed by atoms with E-state index in [1.807, 2.05) is 0 Å². The lowest BCUT2D eigenvalue weighted by Crippen LogP contribution is -2.47. The zero-order chi connectivity index (χ0) is 14.3. The number of pyridine rings is 1. The molecular formula is C11H14N4O4. The van der Waals surface area contributed by atoms with Crippen molar-refractivity contribution in [3.05, 3.63) is 30.1 Å². The van der Waals surface area contributed by atoms with E-state index >= 15 is 0 Å². The number of nitrogens with two attached hydrogens (primary N) is 1. The molecule has 0 aliphatic rings. The number of aromatic nitrogens is 1. The van der Waals surface area contributed by atoms with Crippen molar-refractivity contribution >= 4 is 17.9 Å². The van der Waals surface area contributed by atoms with Crippen molar-refractivity contribution in [2.75, 3.05) is 0 Å². The number of hydrogen-bond donors (Lipinski definition) is 4. The van der Waals surface area contributed by atoms with Crippen LogP contribution in [0.5, 0.6) is 0 Å². The molecule has 19 heavy (non-hydrogen) atoms. The number of carbonyl (C=O) groups excluding carboxylic acids is 2. The van der Waals surface area contributed by atoms with Crippen LogP contribution in [0.2, 0.25) is 0 Å². The quantitative estimate of drug-likeness (QED) is 0.535. The third-order valence-corrected chi connectivity index (χ3v) is 2.21.